The Labute approximate surface area is 121 Å². The molecule has 0 bridgehead atoms. The van der Waals surface area contributed by atoms with E-state index in [0.717, 1.165) is 63.9 Å². The fraction of sp³-hybridized carbons (Fsp3) is 0.857. The van der Waals surface area contributed by atoms with Crippen molar-refractivity contribution in [3.8, 4) is 0 Å². The Morgan fingerprint density at radius 3 is 2.80 bits per heavy atom. The van der Waals surface area contributed by atoms with Crippen LogP contribution in [0.25, 0.3) is 0 Å². The van der Waals surface area contributed by atoms with Crippen molar-refractivity contribution in [3.63, 3.8) is 0 Å². The third-order valence-electron chi connectivity index (χ3n) is 3.51. The van der Waals surface area contributed by atoms with E-state index < -0.39 is 0 Å². The van der Waals surface area contributed by atoms with Crippen LogP contribution in [-0.2, 0) is 13.0 Å². The van der Waals surface area contributed by atoms with E-state index in [1.807, 2.05) is 0 Å². The lowest BCUT2D eigenvalue weighted by Gasteiger charge is -2.28. The highest BCUT2D eigenvalue weighted by Gasteiger charge is 2.12. The summed E-state index contributed by atoms with van der Waals surface area (Å²) in [4.78, 5) is 9.19. The monoisotopic (exact) mass is 281 g/mol. The Balaban J connectivity index is 1.70. The van der Waals surface area contributed by atoms with Gasteiger partial charge in [0.1, 0.15) is 0 Å². The Hall–Kier alpha value is -0.980. The lowest BCUT2D eigenvalue weighted by molar-refractivity contribution is 0.200. The second-order valence-corrected chi connectivity index (χ2v) is 6.03. The Kier molecular flexibility index (Phi) is 5.94. The topological polar surface area (TPSA) is 57.4 Å². The molecule has 0 amide bonds. The molecule has 20 heavy (non-hydrogen) atoms. The maximum atomic E-state index is 5.26. The van der Waals surface area contributed by atoms with Crippen LogP contribution in [0.4, 0.5) is 0 Å². The molecule has 0 saturated carbocycles. The van der Waals surface area contributed by atoms with Gasteiger partial charge in [-0.3, -0.25) is 9.80 Å². The van der Waals surface area contributed by atoms with Gasteiger partial charge < -0.3 is 9.84 Å². The summed E-state index contributed by atoms with van der Waals surface area (Å²) >= 11 is 0. The van der Waals surface area contributed by atoms with Gasteiger partial charge >= 0.3 is 0 Å². The molecule has 6 nitrogen and oxygen atoms in total. The van der Waals surface area contributed by atoms with Gasteiger partial charge in [-0.05, 0) is 13.0 Å². The van der Waals surface area contributed by atoms with Gasteiger partial charge in [0.15, 0.2) is 5.82 Å². The summed E-state index contributed by atoms with van der Waals surface area (Å²) in [6.45, 7) is 11.7. The third-order valence-corrected chi connectivity index (χ3v) is 3.51. The maximum Gasteiger partial charge on any atom is 0.226 e. The first-order valence-electron chi connectivity index (χ1n) is 7.56. The van der Waals surface area contributed by atoms with E-state index in [1.165, 1.54) is 0 Å². The van der Waals surface area contributed by atoms with Crippen molar-refractivity contribution < 1.29 is 4.52 Å². The van der Waals surface area contributed by atoms with Crippen LogP contribution < -0.4 is 5.32 Å². The molecule has 0 spiro atoms. The molecule has 0 unspecified atom stereocenters. The van der Waals surface area contributed by atoms with Crippen LogP contribution in [0.15, 0.2) is 4.52 Å². The number of likely N-dealkylation sites (N-methyl/N-ethyl adjacent to an activating group) is 1. The number of nitrogens with one attached hydrogen (secondary N) is 1. The van der Waals surface area contributed by atoms with Gasteiger partial charge in [-0.1, -0.05) is 19.0 Å². The molecule has 0 aliphatic carbocycles. The fourth-order valence-corrected chi connectivity index (χ4v) is 2.35. The van der Waals surface area contributed by atoms with Gasteiger partial charge in [0.05, 0.1) is 6.54 Å². The number of nitrogens with zero attached hydrogens (tertiary/aromatic N) is 4. The zero-order valence-electron chi connectivity index (χ0n) is 12.9. The molecule has 0 aromatic carbocycles. The van der Waals surface area contributed by atoms with E-state index in [0.29, 0.717) is 5.92 Å². The lowest BCUT2D eigenvalue weighted by atomic mass is 10.1. The SMILES string of the molecule is CC(C)Cc1nc(CN(C)CCN2CCNCC2)no1. The minimum atomic E-state index is 0.550. The van der Waals surface area contributed by atoms with Gasteiger partial charge in [-0.15, -0.1) is 0 Å². The molecule has 1 aromatic heterocycles. The van der Waals surface area contributed by atoms with E-state index in [9.17, 15) is 0 Å². The van der Waals surface area contributed by atoms with Crippen molar-refractivity contribution >= 4 is 0 Å². The van der Waals surface area contributed by atoms with Crippen molar-refractivity contribution in [1.29, 1.82) is 0 Å². The summed E-state index contributed by atoms with van der Waals surface area (Å²) < 4.78 is 5.26. The zero-order chi connectivity index (χ0) is 14.4. The van der Waals surface area contributed by atoms with Crippen LogP contribution in [0.3, 0.4) is 0 Å². The summed E-state index contributed by atoms with van der Waals surface area (Å²) in [7, 11) is 2.11. The minimum absolute atomic E-state index is 0.550. The normalized spacial score (nSPS) is 17.2. The first-order valence-corrected chi connectivity index (χ1v) is 7.56. The smallest absolute Gasteiger partial charge is 0.226 e. The number of aromatic nitrogens is 2. The van der Waals surface area contributed by atoms with Crippen molar-refractivity contribution in [3.05, 3.63) is 11.7 Å². The summed E-state index contributed by atoms with van der Waals surface area (Å²) in [5.74, 6) is 2.10. The lowest BCUT2D eigenvalue weighted by Crippen LogP contribution is -2.45. The summed E-state index contributed by atoms with van der Waals surface area (Å²) in [6, 6.07) is 0. The van der Waals surface area contributed by atoms with Crippen molar-refractivity contribution in [2.24, 2.45) is 5.92 Å². The maximum absolute atomic E-state index is 5.26. The predicted octanol–water partition coefficient (Wildman–Crippen LogP) is 0.605. The fourth-order valence-electron chi connectivity index (χ4n) is 2.35. The molecular weight excluding hydrogens is 254 g/mol. The van der Waals surface area contributed by atoms with Crippen molar-refractivity contribution in [1.82, 2.24) is 25.3 Å². The molecular formula is C14H27N5O. The molecule has 2 rings (SSSR count). The average Bonchev–Trinajstić information content (AvgIpc) is 2.84. The van der Waals surface area contributed by atoms with Gasteiger partial charge in [0.25, 0.3) is 0 Å². The average molecular weight is 281 g/mol. The molecule has 1 fully saturated rings. The van der Waals surface area contributed by atoms with Crippen molar-refractivity contribution in [2.45, 2.75) is 26.8 Å². The molecule has 2 heterocycles. The minimum Gasteiger partial charge on any atom is -0.339 e. The van der Waals surface area contributed by atoms with Crippen LogP contribution in [0.2, 0.25) is 0 Å². The highest BCUT2D eigenvalue weighted by molar-refractivity contribution is 4.87. The number of rotatable bonds is 7. The third kappa shape index (κ3) is 5.19. The van der Waals surface area contributed by atoms with Crippen molar-refractivity contribution in [2.75, 3.05) is 46.3 Å². The van der Waals surface area contributed by atoms with Gasteiger partial charge in [0, 0.05) is 45.7 Å². The molecule has 1 N–H and O–H groups in total. The van der Waals surface area contributed by atoms with E-state index >= 15 is 0 Å². The summed E-state index contributed by atoms with van der Waals surface area (Å²) in [5, 5.41) is 7.43. The molecule has 0 atom stereocenters. The summed E-state index contributed by atoms with van der Waals surface area (Å²) in [5.41, 5.74) is 0. The largest absolute Gasteiger partial charge is 0.339 e. The van der Waals surface area contributed by atoms with E-state index in [-0.39, 0.29) is 0 Å². The molecule has 1 aliphatic rings. The first-order chi connectivity index (χ1) is 9.63. The van der Waals surface area contributed by atoms with Crippen LogP contribution in [0.1, 0.15) is 25.6 Å². The quantitative estimate of drug-likeness (QED) is 0.790. The molecule has 1 saturated heterocycles. The molecule has 1 aromatic rings. The Morgan fingerprint density at radius 1 is 1.35 bits per heavy atom. The van der Waals surface area contributed by atoms with Crippen LogP contribution in [0, 0.1) is 5.92 Å². The van der Waals surface area contributed by atoms with Crippen LogP contribution in [0.5, 0.6) is 0 Å². The van der Waals surface area contributed by atoms with Crippen LogP contribution >= 0.6 is 0 Å². The highest BCUT2D eigenvalue weighted by Crippen LogP contribution is 2.06. The molecule has 114 valence electrons. The van der Waals surface area contributed by atoms with E-state index in [1.54, 1.807) is 0 Å². The second kappa shape index (κ2) is 7.71. The number of piperazine rings is 1. The second-order valence-electron chi connectivity index (χ2n) is 6.03. The molecule has 1 aliphatic heterocycles. The molecule has 0 radical (unpaired) electrons. The summed E-state index contributed by atoms with van der Waals surface area (Å²) in [6.07, 6.45) is 0.859. The highest BCUT2D eigenvalue weighted by atomic mass is 16.5. The first kappa shape index (κ1) is 15.4. The van der Waals surface area contributed by atoms with Gasteiger partial charge in [0.2, 0.25) is 5.89 Å². The Morgan fingerprint density at radius 2 is 2.10 bits per heavy atom. The van der Waals surface area contributed by atoms with Crippen LogP contribution in [-0.4, -0.2) is 66.3 Å². The van der Waals surface area contributed by atoms with E-state index in [2.05, 4.69) is 46.2 Å². The number of hydrogen-bond donors (Lipinski definition) is 1. The number of hydrogen-bond acceptors (Lipinski definition) is 6. The Bertz CT molecular complexity index is 387. The standard InChI is InChI=1S/C14H27N5O/c1-12(2)10-14-16-13(17-20-14)11-18(3)8-9-19-6-4-15-5-7-19/h12,15H,4-11H2,1-3H3. The van der Waals surface area contributed by atoms with Gasteiger partial charge in [-0.25, -0.2) is 0 Å². The molecule has 6 heteroatoms. The predicted molar refractivity (Wildman–Crippen MR) is 78.5 cm³/mol. The zero-order valence-corrected chi connectivity index (χ0v) is 12.9. The van der Waals surface area contributed by atoms with E-state index in [4.69, 9.17) is 4.52 Å². The van der Waals surface area contributed by atoms with Gasteiger partial charge in [-0.2, -0.15) is 4.98 Å².